The molecule has 9 nitrogen and oxygen atoms in total. The van der Waals surface area contributed by atoms with Crippen molar-refractivity contribution in [3.8, 4) is 17.4 Å². The van der Waals surface area contributed by atoms with Gasteiger partial charge in [0.15, 0.2) is 11.6 Å². The van der Waals surface area contributed by atoms with E-state index >= 15 is 0 Å². The van der Waals surface area contributed by atoms with Crippen LogP contribution in [-0.2, 0) is 11.2 Å². The van der Waals surface area contributed by atoms with Gasteiger partial charge in [0.1, 0.15) is 17.9 Å². The van der Waals surface area contributed by atoms with Crippen molar-refractivity contribution in [2.24, 2.45) is 0 Å². The minimum absolute atomic E-state index is 0.0462. The van der Waals surface area contributed by atoms with E-state index in [1.54, 1.807) is 24.3 Å². The molecule has 0 aliphatic heterocycles. The zero-order valence-electron chi connectivity index (χ0n) is 20.3. The summed E-state index contributed by atoms with van der Waals surface area (Å²) in [6.45, 7) is 3.73. The monoisotopic (exact) mass is 519 g/mol. The molecule has 0 aliphatic rings. The van der Waals surface area contributed by atoms with E-state index < -0.39 is 17.8 Å². The third kappa shape index (κ3) is 6.38. The summed E-state index contributed by atoms with van der Waals surface area (Å²) in [5.41, 5.74) is 1.85. The van der Waals surface area contributed by atoms with Crippen molar-refractivity contribution in [3.63, 3.8) is 0 Å². The molecule has 0 radical (unpaired) electrons. The third-order valence-corrected chi connectivity index (χ3v) is 5.37. The molecular formula is C27H23F2N5O4. The maximum absolute atomic E-state index is 14.8. The van der Waals surface area contributed by atoms with Gasteiger partial charge in [0.2, 0.25) is 11.8 Å². The molecule has 0 bridgehead atoms. The second kappa shape index (κ2) is 11.8. The normalized spacial score (nSPS) is 10.5. The highest BCUT2D eigenvalue weighted by Gasteiger charge is 2.15. The first-order chi connectivity index (χ1) is 18.4. The Hall–Kier alpha value is -5.06. The number of anilines is 2. The number of ether oxygens (including phenoxy) is 2. The van der Waals surface area contributed by atoms with Gasteiger partial charge >= 0.3 is 6.03 Å². The highest BCUT2D eigenvalue weighted by molar-refractivity contribution is 6.02. The summed E-state index contributed by atoms with van der Waals surface area (Å²) in [6, 6.07) is 12.5. The molecular weight excluding hydrogens is 496 g/mol. The molecule has 1 heterocycles. The third-order valence-electron chi connectivity index (χ3n) is 5.37. The van der Waals surface area contributed by atoms with Crippen LogP contribution >= 0.6 is 0 Å². The van der Waals surface area contributed by atoms with Gasteiger partial charge in [-0.25, -0.2) is 23.5 Å². The summed E-state index contributed by atoms with van der Waals surface area (Å²) >= 11 is 0. The molecule has 1 aromatic heterocycles. The molecule has 38 heavy (non-hydrogen) atoms. The lowest BCUT2D eigenvalue weighted by Gasteiger charge is -2.13. The lowest BCUT2D eigenvalue weighted by molar-refractivity contribution is -0.111. The minimum atomic E-state index is -0.741. The first kappa shape index (κ1) is 26.0. The van der Waals surface area contributed by atoms with Crippen LogP contribution in [-0.4, -0.2) is 35.6 Å². The summed E-state index contributed by atoms with van der Waals surface area (Å²) in [5, 5.41) is 8.24. The number of rotatable bonds is 9. The van der Waals surface area contributed by atoms with Gasteiger partial charge in [0.25, 0.3) is 0 Å². The minimum Gasteiger partial charge on any atom is -0.494 e. The highest BCUT2D eigenvalue weighted by Crippen LogP contribution is 2.35. The Labute approximate surface area is 216 Å². The number of nitrogens with one attached hydrogen (secondary N) is 3. The quantitative estimate of drug-likeness (QED) is 0.262. The van der Waals surface area contributed by atoms with Crippen molar-refractivity contribution in [1.29, 1.82) is 0 Å². The Bertz CT molecular complexity index is 1500. The SMILES string of the molecule is C=CC(=O)Nc1cc2c(Oc3ccc(NC(=O)NCCc4ccc(F)cc4)cc3F)ncnc2cc1OC. The largest absolute Gasteiger partial charge is 0.494 e. The number of carbonyl (C=O) groups is 2. The van der Waals surface area contributed by atoms with Gasteiger partial charge in [-0.05, 0) is 48.4 Å². The van der Waals surface area contributed by atoms with Crippen molar-refractivity contribution in [1.82, 2.24) is 15.3 Å². The van der Waals surface area contributed by atoms with Gasteiger partial charge in [-0.3, -0.25) is 4.79 Å². The van der Waals surface area contributed by atoms with Crippen LogP contribution in [0.15, 0.2) is 73.6 Å². The number of fused-ring (bicyclic) bond motifs is 1. The number of benzene rings is 3. The van der Waals surface area contributed by atoms with E-state index in [0.717, 1.165) is 17.7 Å². The van der Waals surface area contributed by atoms with E-state index in [1.165, 1.54) is 37.7 Å². The Morgan fingerprint density at radius 1 is 1.00 bits per heavy atom. The second-order valence-corrected chi connectivity index (χ2v) is 7.95. The van der Waals surface area contributed by atoms with Crippen molar-refractivity contribution in [3.05, 3.63) is 90.8 Å². The van der Waals surface area contributed by atoms with Crippen LogP contribution in [0.4, 0.5) is 25.0 Å². The van der Waals surface area contributed by atoms with Gasteiger partial charge in [-0.1, -0.05) is 18.7 Å². The fourth-order valence-corrected chi connectivity index (χ4v) is 3.50. The first-order valence-electron chi connectivity index (χ1n) is 11.4. The molecule has 0 spiro atoms. The van der Waals surface area contributed by atoms with E-state index in [0.29, 0.717) is 35.3 Å². The Kier molecular flexibility index (Phi) is 8.07. The van der Waals surface area contributed by atoms with Crippen molar-refractivity contribution >= 4 is 34.2 Å². The summed E-state index contributed by atoms with van der Waals surface area (Å²) < 4.78 is 38.8. The van der Waals surface area contributed by atoms with Crippen LogP contribution in [0.3, 0.4) is 0 Å². The maximum atomic E-state index is 14.8. The molecule has 0 unspecified atom stereocenters. The van der Waals surface area contributed by atoms with E-state index in [9.17, 15) is 18.4 Å². The second-order valence-electron chi connectivity index (χ2n) is 7.95. The number of methoxy groups -OCH3 is 1. The summed E-state index contributed by atoms with van der Waals surface area (Å²) in [7, 11) is 1.44. The number of nitrogens with zero attached hydrogens (tertiary/aromatic N) is 2. The van der Waals surface area contributed by atoms with Crippen LogP contribution in [0.25, 0.3) is 10.9 Å². The fraction of sp³-hybridized carbons (Fsp3) is 0.111. The molecule has 0 atom stereocenters. The summed E-state index contributed by atoms with van der Waals surface area (Å²) in [5.74, 6) is -1.26. The van der Waals surface area contributed by atoms with Crippen LogP contribution < -0.4 is 25.4 Å². The van der Waals surface area contributed by atoms with Gasteiger partial charge in [0, 0.05) is 24.4 Å². The van der Waals surface area contributed by atoms with Gasteiger partial charge in [-0.2, -0.15) is 0 Å². The molecule has 4 aromatic rings. The lowest BCUT2D eigenvalue weighted by Crippen LogP contribution is -2.30. The van der Waals surface area contributed by atoms with Crippen LogP contribution in [0.1, 0.15) is 5.56 Å². The molecule has 194 valence electrons. The van der Waals surface area contributed by atoms with Crippen LogP contribution in [0, 0.1) is 11.6 Å². The zero-order chi connectivity index (χ0) is 27.1. The molecule has 11 heteroatoms. The van der Waals surface area contributed by atoms with E-state index in [4.69, 9.17) is 9.47 Å². The van der Waals surface area contributed by atoms with E-state index in [-0.39, 0.29) is 23.1 Å². The first-order valence-corrected chi connectivity index (χ1v) is 11.4. The average molecular weight is 520 g/mol. The number of hydrogen-bond donors (Lipinski definition) is 3. The number of hydrogen-bond acceptors (Lipinski definition) is 6. The molecule has 4 rings (SSSR count). The molecule has 3 aromatic carbocycles. The standard InChI is InChI=1S/C27H23F2N5O4/c1-3-25(35)34-22-13-19-21(14-24(22)37-2)31-15-32-26(19)38-23-9-8-18(12-20(23)29)33-27(36)30-11-10-16-4-6-17(28)7-5-16/h3-9,12-15H,1,10-11H2,2H3,(H,34,35)(H2,30,33,36). The zero-order valence-corrected chi connectivity index (χ0v) is 20.3. The van der Waals surface area contributed by atoms with Gasteiger partial charge in [-0.15, -0.1) is 0 Å². The number of urea groups is 1. The summed E-state index contributed by atoms with van der Waals surface area (Å²) in [6.07, 6.45) is 2.87. The molecule has 0 aliphatic carbocycles. The Morgan fingerprint density at radius 3 is 2.50 bits per heavy atom. The predicted molar refractivity (Wildman–Crippen MR) is 139 cm³/mol. The molecule has 0 saturated heterocycles. The predicted octanol–water partition coefficient (Wildman–Crippen LogP) is 5.20. The Morgan fingerprint density at radius 2 is 1.79 bits per heavy atom. The molecule has 3 amide bonds. The number of aromatic nitrogens is 2. The number of halogens is 2. The van der Waals surface area contributed by atoms with Crippen molar-refractivity contribution in [2.75, 3.05) is 24.3 Å². The van der Waals surface area contributed by atoms with Crippen molar-refractivity contribution in [2.45, 2.75) is 6.42 Å². The average Bonchev–Trinajstić information content (AvgIpc) is 2.91. The fourth-order valence-electron chi connectivity index (χ4n) is 3.50. The Balaban J connectivity index is 1.44. The lowest BCUT2D eigenvalue weighted by atomic mass is 10.1. The topological polar surface area (TPSA) is 114 Å². The maximum Gasteiger partial charge on any atom is 0.319 e. The number of carbonyl (C=O) groups excluding carboxylic acids is 2. The van der Waals surface area contributed by atoms with Gasteiger partial charge < -0.3 is 25.4 Å². The van der Waals surface area contributed by atoms with Gasteiger partial charge in [0.05, 0.1) is 23.7 Å². The van der Waals surface area contributed by atoms with Crippen LogP contribution in [0.2, 0.25) is 0 Å². The summed E-state index contributed by atoms with van der Waals surface area (Å²) in [4.78, 5) is 32.3. The van der Waals surface area contributed by atoms with Crippen molar-refractivity contribution < 1.29 is 27.8 Å². The number of amides is 3. The van der Waals surface area contributed by atoms with E-state index in [2.05, 4.69) is 32.5 Å². The smallest absolute Gasteiger partial charge is 0.319 e. The van der Waals surface area contributed by atoms with E-state index in [1.807, 2.05) is 0 Å². The molecule has 0 saturated carbocycles. The van der Waals surface area contributed by atoms with Crippen LogP contribution in [0.5, 0.6) is 17.4 Å². The molecule has 3 N–H and O–H groups in total. The molecule has 0 fully saturated rings. The highest BCUT2D eigenvalue weighted by atomic mass is 19.1.